The molecule has 0 aliphatic heterocycles. The zero-order valence-electron chi connectivity index (χ0n) is 20.4. The van der Waals surface area contributed by atoms with Gasteiger partial charge in [0.2, 0.25) is 0 Å². The number of methoxy groups -OCH3 is 1. The minimum atomic E-state index is -0.322. The van der Waals surface area contributed by atoms with Gasteiger partial charge in [0.05, 0.1) is 38.6 Å². The van der Waals surface area contributed by atoms with Crippen molar-refractivity contribution in [2.45, 2.75) is 97.6 Å². The second-order valence-electron chi connectivity index (χ2n) is 7.98. The van der Waals surface area contributed by atoms with Gasteiger partial charge in [-0.25, -0.2) is 0 Å². The summed E-state index contributed by atoms with van der Waals surface area (Å²) < 4.78 is 32.3. The molecule has 0 rings (SSSR count). The van der Waals surface area contributed by atoms with Crippen molar-refractivity contribution in [3.8, 4) is 0 Å². The van der Waals surface area contributed by atoms with E-state index in [0.717, 1.165) is 19.4 Å². The topological polar surface area (TPSA) is 89.5 Å². The van der Waals surface area contributed by atoms with Crippen molar-refractivity contribution < 1.29 is 38.0 Å². The van der Waals surface area contributed by atoms with Gasteiger partial charge in [0.15, 0.2) is 0 Å². The molecule has 184 valence electrons. The highest BCUT2D eigenvalue weighted by atomic mass is 16.6. The van der Waals surface area contributed by atoms with Gasteiger partial charge in [-0.05, 0) is 47.0 Å². The predicted octanol–water partition coefficient (Wildman–Crippen LogP) is 3.68. The fraction of sp³-hybridized carbons (Fsp3) is 0.913. The molecule has 0 aliphatic rings. The van der Waals surface area contributed by atoms with Gasteiger partial charge in [-0.1, -0.05) is 13.3 Å². The smallest absolute Gasteiger partial charge is 0.306 e. The van der Waals surface area contributed by atoms with Gasteiger partial charge in [0, 0.05) is 26.6 Å². The Morgan fingerprint density at radius 2 is 1.16 bits per heavy atom. The Labute approximate surface area is 188 Å². The van der Waals surface area contributed by atoms with Crippen molar-refractivity contribution in [1.29, 1.82) is 0 Å². The number of hydrogen-bond acceptors (Lipinski definition) is 8. The van der Waals surface area contributed by atoms with Crippen LogP contribution >= 0.6 is 0 Å². The van der Waals surface area contributed by atoms with Gasteiger partial charge in [0.25, 0.3) is 0 Å². The molecular formula is C23H44O8. The van der Waals surface area contributed by atoms with E-state index in [1.54, 1.807) is 21.0 Å². The molecule has 0 saturated carbocycles. The largest absolute Gasteiger partial charge is 0.460 e. The maximum Gasteiger partial charge on any atom is 0.306 e. The van der Waals surface area contributed by atoms with Crippen LogP contribution in [0.5, 0.6) is 0 Å². The molecule has 0 radical (unpaired) electrons. The first-order valence-electron chi connectivity index (χ1n) is 11.5. The molecule has 0 aromatic carbocycles. The molecule has 4 unspecified atom stereocenters. The van der Waals surface area contributed by atoms with Crippen LogP contribution in [0.3, 0.4) is 0 Å². The number of carbonyl (C=O) groups excluding carboxylic acids is 2. The molecule has 0 spiro atoms. The van der Waals surface area contributed by atoms with Gasteiger partial charge >= 0.3 is 11.9 Å². The summed E-state index contributed by atoms with van der Waals surface area (Å²) in [7, 11) is 1.61. The van der Waals surface area contributed by atoms with E-state index in [9.17, 15) is 9.59 Å². The summed E-state index contributed by atoms with van der Waals surface area (Å²) in [6, 6.07) is 0. The van der Waals surface area contributed by atoms with E-state index in [0.29, 0.717) is 39.3 Å². The number of esters is 2. The van der Waals surface area contributed by atoms with Gasteiger partial charge < -0.3 is 28.4 Å². The van der Waals surface area contributed by atoms with Crippen LogP contribution in [0.15, 0.2) is 0 Å². The Bertz CT molecular complexity index is 457. The molecule has 0 bridgehead atoms. The van der Waals surface area contributed by atoms with Crippen LogP contribution in [0.25, 0.3) is 0 Å². The van der Waals surface area contributed by atoms with Crippen molar-refractivity contribution in [1.82, 2.24) is 0 Å². The quantitative estimate of drug-likeness (QED) is 0.206. The third-order valence-electron chi connectivity index (χ3n) is 4.30. The predicted molar refractivity (Wildman–Crippen MR) is 118 cm³/mol. The van der Waals surface area contributed by atoms with Gasteiger partial charge in [-0.15, -0.1) is 0 Å². The van der Waals surface area contributed by atoms with Crippen LogP contribution in [0.2, 0.25) is 0 Å². The molecule has 0 aromatic heterocycles. The molecule has 0 saturated heterocycles. The van der Waals surface area contributed by atoms with Gasteiger partial charge in [-0.3, -0.25) is 9.59 Å². The molecular weight excluding hydrogens is 404 g/mol. The molecule has 8 heteroatoms. The Kier molecular flexibility index (Phi) is 18.7. The molecule has 0 fully saturated rings. The van der Waals surface area contributed by atoms with Gasteiger partial charge in [0.1, 0.15) is 12.2 Å². The summed E-state index contributed by atoms with van der Waals surface area (Å²) in [4.78, 5) is 23.8. The second kappa shape index (κ2) is 19.5. The van der Waals surface area contributed by atoms with E-state index >= 15 is 0 Å². The summed E-state index contributed by atoms with van der Waals surface area (Å²) >= 11 is 0. The summed E-state index contributed by atoms with van der Waals surface area (Å²) in [5, 5.41) is 0. The monoisotopic (exact) mass is 448 g/mol. The zero-order valence-corrected chi connectivity index (χ0v) is 20.4. The average Bonchev–Trinajstić information content (AvgIpc) is 2.71. The Morgan fingerprint density at radius 3 is 1.61 bits per heavy atom. The van der Waals surface area contributed by atoms with Crippen LogP contribution < -0.4 is 0 Å². The molecule has 0 heterocycles. The minimum Gasteiger partial charge on any atom is -0.460 e. The SMILES string of the molecule is CCCCOCC(C)OCC(C)OC(=O)CCCCC(=O)OC(C)COC(C)COC. The van der Waals surface area contributed by atoms with E-state index in [4.69, 9.17) is 28.4 Å². The Balaban J connectivity index is 3.76. The lowest BCUT2D eigenvalue weighted by molar-refractivity contribution is -0.154. The lowest BCUT2D eigenvalue weighted by Gasteiger charge is -2.18. The van der Waals surface area contributed by atoms with E-state index in [2.05, 4.69) is 6.92 Å². The first-order valence-corrected chi connectivity index (χ1v) is 11.5. The van der Waals surface area contributed by atoms with Crippen molar-refractivity contribution in [3.63, 3.8) is 0 Å². The maximum absolute atomic E-state index is 11.9. The zero-order chi connectivity index (χ0) is 23.5. The Morgan fingerprint density at radius 1 is 0.677 bits per heavy atom. The summed E-state index contributed by atoms with van der Waals surface area (Å²) in [5.41, 5.74) is 0. The first-order chi connectivity index (χ1) is 14.8. The fourth-order valence-corrected chi connectivity index (χ4v) is 2.60. The number of hydrogen-bond donors (Lipinski definition) is 0. The van der Waals surface area contributed by atoms with E-state index in [1.165, 1.54) is 0 Å². The lowest BCUT2D eigenvalue weighted by Crippen LogP contribution is -2.25. The van der Waals surface area contributed by atoms with Crippen molar-refractivity contribution in [2.24, 2.45) is 0 Å². The summed E-state index contributed by atoms with van der Waals surface area (Å²) in [6.45, 7) is 12.0. The van der Waals surface area contributed by atoms with Crippen LogP contribution in [-0.2, 0) is 38.0 Å². The molecule has 0 aliphatic carbocycles. The maximum atomic E-state index is 11.9. The minimum absolute atomic E-state index is 0.0417. The average molecular weight is 449 g/mol. The number of unbranched alkanes of at least 4 members (excludes halogenated alkanes) is 2. The highest BCUT2D eigenvalue weighted by Gasteiger charge is 2.14. The number of carbonyl (C=O) groups is 2. The highest BCUT2D eigenvalue weighted by molar-refractivity contribution is 5.70. The lowest BCUT2D eigenvalue weighted by atomic mass is 10.2. The third kappa shape index (κ3) is 19.2. The van der Waals surface area contributed by atoms with E-state index < -0.39 is 0 Å². The van der Waals surface area contributed by atoms with Crippen molar-refractivity contribution in [3.05, 3.63) is 0 Å². The molecule has 0 N–H and O–H groups in total. The van der Waals surface area contributed by atoms with Gasteiger partial charge in [-0.2, -0.15) is 0 Å². The second-order valence-corrected chi connectivity index (χ2v) is 7.98. The molecule has 0 aromatic rings. The van der Waals surface area contributed by atoms with Crippen LogP contribution in [0, 0.1) is 0 Å². The van der Waals surface area contributed by atoms with E-state index in [1.807, 2.05) is 13.8 Å². The number of ether oxygens (including phenoxy) is 6. The molecule has 31 heavy (non-hydrogen) atoms. The molecule has 4 atom stereocenters. The summed E-state index contributed by atoms with van der Waals surface area (Å²) in [6.07, 6.45) is 3.07. The van der Waals surface area contributed by atoms with Crippen molar-refractivity contribution in [2.75, 3.05) is 40.1 Å². The van der Waals surface area contributed by atoms with Crippen molar-refractivity contribution >= 4 is 11.9 Å². The van der Waals surface area contributed by atoms with Crippen LogP contribution in [-0.4, -0.2) is 76.5 Å². The highest BCUT2D eigenvalue weighted by Crippen LogP contribution is 2.07. The summed E-state index contributed by atoms with van der Waals surface area (Å²) in [5.74, 6) is -0.578. The fourth-order valence-electron chi connectivity index (χ4n) is 2.60. The molecule has 8 nitrogen and oxygen atoms in total. The first kappa shape index (κ1) is 29.8. The van der Waals surface area contributed by atoms with Crippen LogP contribution in [0.4, 0.5) is 0 Å². The normalized spacial score (nSPS) is 15.2. The van der Waals surface area contributed by atoms with E-state index in [-0.39, 0.29) is 49.2 Å². The number of rotatable bonds is 20. The molecule has 0 amide bonds. The Hall–Kier alpha value is -1.22. The standard InChI is InChI=1S/C23H44O8/c1-7-8-13-27-15-19(3)29-17-21(5)31-23(25)12-10-9-11-22(24)30-20(4)16-28-18(2)14-26-6/h18-21H,7-17H2,1-6H3. The third-order valence-corrected chi connectivity index (χ3v) is 4.30. The van der Waals surface area contributed by atoms with Crippen LogP contribution in [0.1, 0.15) is 73.1 Å².